The van der Waals surface area contributed by atoms with Gasteiger partial charge in [-0.1, -0.05) is 59.1 Å². The molecule has 3 rings (SSSR count). The molecule has 1 aliphatic rings. The standard InChI is InChI=1S/C20H20F2N2O3/c1-14(24(21)20(26)27-22)18(19(25)23-12-5-13-23)17-10-8-16(9-11-17)15-6-3-2-4-7-15/h2-4,6-11,14,18H,5,12-13H2,1H3. The van der Waals surface area contributed by atoms with Crippen molar-refractivity contribution in [2.24, 2.45) is 0 Å². The first kappa shape index (κ1) is 18.8. The number of carbonyl (C=O) groups excluding carboxylic acids is 2. The topological polar surface area (TPSA) is 49.9 Å². The van der Waals surface area contributed by atoms with Gasteiger partial charge in [0, 0.05) is 17.6 Å². The minimum atomic E-state index is -1.77. The molecule has 1 heterocycles. The Kier molecular flexibility index (Phi) is 5.69. The van der Waals surface area contributed by atoms with Crippen molar-refractivity contribution in [1.29, 1.82) is 0 Å². The molecule has 0 saturated carbocycles. The highest BCUT2D eigenvalue weighted by Gasteiger charge is 2.38. The summed E-state index contributed by atoms with van der Waals surface area (Å²) in [6.07, 6.45) is -0.893. The first-order valence-electron chi connectivity index (χ1n) is 8.74. The SMILES string of the molecule is CC(C(C(=O)N1CCC1)c1ccc(-c2ccccc2)cc1)N(F)C(=O)OF. The number of nitrogens with zero attached hydrogens (tertiary/aromatic N) is 2. The fourth-order valence-corrected chi connectivity index (χ4v) is 3.20. The molecule has 2 unspecified atom stereocenters. The molecule has 0 aliphatic carbocycles. The predicted molar refractivity (Wildman–Crippen MR) is 95.8 cm³/mol. The van der Waals surface area contributed by atoms with E-state index in [0.717, 1.165) is 17.5 Å². The van der Waals surface area contributed by atoms with Crippen molar-refractivity contribution < 1.29 is 23.5 Å². The van der Waals surface area contributed by atoms with Gasteiger partial charge in [0.15, 0.2) is 0 Å². The van der Waals surface area contributed by atoms with Crippen LogP contribution in [0.3, 0.4) is 0 Å². The van der Waals surface area contributed by atoms with E-state index in [1.807, 2.05) is 42.5 Å². The van der Waals surface area contributed by atoms with Crippen LogP contribution in [-0.4, -0.2) is 41.2 Å². The fourth-order valence-electron chi connectivity index (χ4n) is 3.20. The van der Waals surface area contributed by atoms with E-state index in [9.17, 15) is 18.6 Å². The van der Waals surface area contributed by atoms with Crippen molar-refractivity contribution in [2.75, 3.05) is 13.1 Å². The third-order valence-corrected chi connectivity index (χ3v) is 4.89. The van der Waals surface area contributed by atoms with Gasteiger partial charge in [0.05, 0.1) is 12.0 Å². The second-order valence-electron chi connectivity index (χ2n) is 6.54. The summed E-state index contributed by atoms with van der Waals surface area (Å²) < 4.78 is 26.3. The van der Waals surface area contributed by atoms with E-state index in [1.165, 1.54) is 6.92 Å². The Morgan fingerprint density at radius 2 is 1.63 bits per heavy atom. The minimum Gasteiger partial charge on any atom is -0.342 e. The summed E-state index contributed by atoms with van der Waals surface area (Å²) in [5.41, 5.74) is 2.51. The van der Waals surface area contributed by atoms with Crippen molar-refractivity contribution in [1.82, 2.24) is 10.0 Å². The quantitative estimate of drug-likeness (QED) is 0.735. The van der Waals surface area contributed by atoms with Crippen LogP contribution in [0.4, 0.5) is 13.8 Å². The Balaban J connectivity index is 1.90. The van der Waals surface area contributed by atoms with E-state index in [2.05, 4.69) is 4.94 Å². The van der Waals surface area contributed by atoms with E-state index in [0.29, 0.717) is 18.7 Å². The van der Waals surface area contributed by atoms with Gasteiger partial charge in [0.2, 0.25) is 5.91 Å². The summed E-state index contributed by atoms with van der Waals surface area (Å²) in [5, 5.41) is -0.381. The molecule has 0 bridgehead atoms. The van der Waals surface area contributed by atoms with Gasteiger partial charge in [0.1, 0.15) is 0 Å². The summed E-state index contributed by atoms with van der Waals surface area (Å²) >= 11 is 0. The summed E-state index contributed by atoms with van der Waals surface area (Å²) in [6.45, 7) is 2.53. The zero-order chi connectivity index (χ0) is 19.4. The van der Waals surface area contributed by atoms with Crippen molar-refractivity contribution in [3.8, 4) is 11.1 Å². The van der Waals surface area contributed by atoms with Crippen molar-refractivity contribution >= 4 is 12.0 Å². The summed E-state index contributed by atoms with van der Waals surface area (Å²) in [7, 11) is 0. The number of rotatable bonds is 5. The van der Waals surface area contributed by atoms with E-state index < -0.39 is 18.1 Å². The lowest BCUT2D eigenvalue weighted by molar-refractivity contribution is -0.143. The average molecular weight is 374 g/mol. The van der Waals surface area contributed by atoms with E-state index >= 15 is 0 Å². The van der Waals surface area contributed by atoms with Crippen LogP contribution in [0.15, 0.2) is 54.6 Å². The second kappa shape index (κ2) is 8.16. The summed E-state index contributed by atoms with van der Waals surface area (Å²) in [4.78, 5) is 28.6. The van der Waals surface area contributed by atoms with Crippen LogP contribution in [0, 0.1) is 0 Å². The Bertz CT molecular complexity index is 795. The maximum atomic E-state index is 14.2. The van der Waals surface area contributed by atoms with Crippen LogP contribution in [0.5, 0.6) is 0 Å². The van der Waals surface area contributed by atoms with Crippen molar-refractivity contribution in [2.45, 2.75) is 25.3 Å². The summed E-state index contributed by atoms with van der Waals surface area (Å²) in [5.74, 6) is -1.25. The molecule has 1 aliphatic heterocycles. The average Bonchev–Trinajstić information content (AvgIpc) is 2.66. The molecule has 2 aromatic rings. The number of benzene rings is 2. The number of hydrogen-bond donors (Lipinski definition) is 0. The van der Waals surface area contributed by atoms with Crippen LogP contribution in [0.25, 0.3) is 11.1 Å². The molecule has 0 aromatic heterocycles. The second-order valence-corrected chi connectivity index (χ2v) is 6.54. The van der Waals surface area contributed by atoms with E-state index in [1.54, 1.807) is 17.0 Å². The highest BCUT2D eigenvalue weighted by molar-refractivity contribution is 5.86. The van der Waals surface area contributed by atoms with Crippen LogP contribution in [0.2, 0.25) is 0 Å². The van der Waals surface area contributed by atoms with Gasteiger partial charge in [-0.05, 0) is 30.0 Å². The predicted octanol–water partition coefficient (Wildman–Crippen LogP) is 4.27. The van der Waals surface area contributed by atoms with Gasteiger partial charge in [0.25, 0.3) is 0 Å². The molecule has 1 fully saturated rings. The maximum Gasteiger partial charge on any atom is 0.475 e. The Labute approximate surface area is 156 Å². The van der Waals surface area contributed by atoms with E-state index in [-0.39, 0.29) is 11.0 Å². The molecule has 2 aromatic carbocycles. The zero-order valence-electron chi connectivity index (χ0n) is 14.8. The minimum absolute atomic E-state index is 0.296. The normalized spacial score (nSPS) is 15.4. The number of halogens is 2. The Morgan fingerprint density at radius 3 is 2.15 bits per heavy atom. The van der Waals surface area contributed by atoms with Gasteiger partial charge in [-0.25, -0.2) is 9.74 Å². The molecular formula is C20H20F2N2O3. The molecule has 27 heavy (non-hydrogen) atoms. The lowest BCUT2D eigenvalue weighted by Gasteiger charge is -2.36. The molecule has 2 atom stereocenters. The molecular weight excluding hydrogens is 354 g/mol. The molecule has 2 amide bonds. The smallest absolute Gasteiger partial charge is 0.342 e. The number of carbonyl (C=O) groups is 2. The zero-order valence-corrected chi connectivity index (χ0v) is 14.8. The first-order valence-corrected chi connectivity index (χ1v) is 8.74. The van der Waals surface area contributed by atoms with Crippen molar-refractivity contribution in [3.05, 3.63) is 60.2 Å². The van der Waals surface area contributed by atoms with Gasteiger partial charge in [-0.3, -0.25) is 4.79 Å². The molecule has 142 valence electrons. The fraction of sp³-hybridized carbons (Fsp3) is 0.300. The lowest BCUT2D eigenvalue weighted by atomic mass is 9.88. The lowest BCUT2D eigenvalue weighted by Crippen LogP contribution is -2.49. The number of amides is 2. The molecule has 1 saturated heterocycles. The van der Waals surface area contributed by atoms with Crippen LogP contribution in [-0.2, 0) is 9.74 Å². The maximum absolute atomic E-state index is 14.2. The highest BCUT2D eigenvalue weighted by atomic mass is 19.3. The Morgan fingerprint density at radius 1 is 1.04 bits per heavy atom. The molecule has 7 heteroatoms. The largest absolute Gasteiger partial charge is 0.475 e. The summed E-state index contributed by atoms with van der Waals surface area (Å²) in [6, 6.07) is 15.6. The van der Waals surface area contributed by atoms with Crippen LogP contribution in [0.1, 0.15) is 24.8 Å². The highest BCUT2D eigenvalue weighted by Crippen LogP contribution is 2.30. The van der Waals surface area contributed by atoms with Crippen LogP contribution >= 0.6 is 0 Å². The number of hydrogen-bond acceptors (Lipinski definition) is 3. The van der Waals surface area contributed by atoms with Gasteiger partial charge < -0.3 is 4.90 Å². The monoisotopic (exact) mass is 374 g/mol. The molecule has 5 nitrogen and oxygen atoms in total. The molecule has 0 radical (unpaired) electrons. The third kappa shape index (κ3) is 3.92. The Hall–Kier alpha value is -2.96. The van der Waals surface area contributed by atoms with E-state index in [4.69, 9.17) is 0 Å². The van der Waals surface area contributed by atoms with Crippen molar-refractivity contribution in [3.63, 3.8) is 0 Å². The van der Waals surface area contributed by atoms with Gasteiger partial charge in [-0.15, -0.1) is 5.12 Å². The molecule has 0 spiro atoms. The van der Waals surface area contributed by atoms with Crippen LogP contribution < -0.4 is 0 Å². The van der Waals surface area contributed by atoms with Gasteiger partial charge >= 0.3 is 6.09 Å². The molecule has 0 N–H and O–H groups in total. The third-order valence-electron chi connectivity index (χ3n) is 4.89. The van der Waals surface area contributed by atoms with Gasteiger partial charge in [-0.2, -0.15) is 0 Å². The number of likely N-dealkylation sites (tertiary alicyclic amines) is 1. The first-order chi connectivity index (χ1) is 13.0.